The van der Waals surface area contributed by atoms with E-state index in [1.54, 1.807) is 11.8 Å². The minimum absolute atomic E-state index is 0.0344. The Bertz CT molecular complexity index is 483. The second kappa shape index (κ2) is 6.27. The molecule has 0 saturated carbocycles. The highest BCUT2D eigenvalue weighted by molar-refractivity contribution is 5.80. The van der Waals surface area contributed by atoms with E-state index < -0.39 is 6.10 Å². The van der Waals surface area contributed by atoms with Gasteiger partial charge in [0.05, 0.1) is 0 Å². The highest BCUT2D eigenvalue weighted by Gasteiger charge is 2.22. The summed E-state index contributed by atoms with van der Waals surface area (Å²) in [6.07, 6.45) is 1.53. The summed E-state index contributed by atoms with van der Waals surface area (Å²) < 4.78 is 5.79. The van der Waals surface area contributed by atoms with E-state index in [9.17, 15) is 4.79 Å². The molecule has 4 heteroatoms. The minimum atomic E-state index is -0.456. The average Bonchev–Trinajstić information content (AvgIpc) is 2.81. The first kappa shape index (κ1) is 14.9. The third-order valence-electron chi connectivity index (χ3n) is 3.97. The van der Waals surface area contributed by atoms with Gasteiger partial charge in [0.1, 0.15) is 5.75 Å². The lowest BCUT2D eigenvalue weighted by atomic mass is 10.1. The Balaban J connectivity index is 2.05. The fraction of sp³-hybridized carbons (Fsp3) is 0.562. The standard InChI is InChI=1S/C16H24N2O2/c1-4-18(5-2)16(19)11(3)20-13-7-8-14-12(10-13)6-9-15(14)17/h7-8,10-11,15H,4-6,9,17H2,1-3H3/t11?,15-/m1/s1. The van der Waals surface area contributed by atoms with Crippen molar-refractivity contribution >= 4 is 5.91 Å². The van der Waals surface area contributed by atoms with E-state index in [4.69, 9.17) is 10.5 Å². The molecule has 0 bridgehead atoms. The lowest BCUT2D eigenvalue weighted by molar-refractivity contribution is -0.137. The van der Waals surface area contributed by atoms with E-state index in [0.717, 1.165) is 18.6 Å². The zero-order valence-electron chi connectivity index (χ0n) is 12.6. The number of hydrogen-bond donors (Lipinski definition) is 1. The van der Waals surface area contributed by atoms with E-state index in [1.165, 1.54) is 11.1 Å². The molecule has 0 aliphatic heterocycles. The van der Waals surface area contributed by atoms with Crippen molar-refractivity contribution in [2.45, 2.75) is 45.8 Å². The quantitative estimate of drug-likeness (QED) is 0.897. The van der Waals surface area contributed by atoms with Crippen LogP contribution in [-0.4, -0.2) is 30.0 Å². The summed E-state index contributed by atoms with van der Waals surface area (Å²) in [6.45, 7) is 7.18. The number of hydrogen-bond acceptors (Lipinski definition) is 3. The molecular weight excluding hydrogens is 252 g/mol. The van der Waals surface area contributed by atoms with Gasteiger partial charge in [-0.3, -0.25) is 4.79 Å². The van der Waals surface area contributed by atoms with Crippen molar-refractivity contribution in [2.24, 2.45) is 5.73 Å². The maximum absolute atomic E-state index is 12.2. The van der Waals surface area contributed by atoms with Crippen molar-refractivity contribution < 1.29 is 9.53 Å². The van der Waals surface area contributed by atoms with Crippen LogP contribution < -0.4 is 10.5 Å². The highest BCUT2D eigenvalue weighted by atomic mass is 16.5. The third kappa shape index (κ3) is 2.96. The summed E-state index contributed by atoms with van der Waals surface area (Å²) in [7, 11) is 0. The van der Waals surface area contributed by atoms with Gasteiger partial charge in [0.15, 0.2) is 6.10 Å². The normalized spacial score (nSPS) is 18.5. The highest BCUT2D eigenvalue weighted by Crippen LogP contribution is 2.32. The van der Waals surface area contributed by atoms with Crippen LogP contribution in [0.5, 0.6) is 5.75 Å². The second-order valence-electron chi connectivity index (χ2n) is 5.28. The molecule has 0 aromatic heterocycles. The molecule has 0 spiro atoms. The summed E-state index contributed by atoms with van der Waals surface area (Å²) >= 11 is 0. The Labute approximate surface area is 120 Å². The molecule has 2 N–H and O–H groups in total. The van der Waals surface area contributed by atoms with Crippen LogP contribution in [0.1, 0.15) is 44.4 Å². The summed E-state index contributed by atoms with van der Waals surface area (Å²) in [4.78, 5) is 14.0. The van der Waals surface area contributed by atoms with E-state index in [1.807, 2.05) is 32.0 Å². The van der Waals surface area contributed by atoms with Gasteiger partial charge in [-0.2, -0.15) is 0 Å². The summed E-state index contributed by atoms with van der Waals surface area (Å²) in [5.41, 5.74) is 8.48. The van der Waals surface area contributed by atoms with Gasteiger partial charge in [-0.25, -0.2) is 0 Å². The van der Waals surface area contributed by atoms with Gasteiger partial charge >= 0.3 is 0 Å². The predicted molar refractivity (Wildman–Crippen MR) is 79.7 cm³/mol. The molecule has 1 aliphatic rings. The smallest absolute Gasteiger partial charge is 0.263 e. The molecule has 0 fully saturated rings. The summed E-state index contributed by atoms with van der Waals surface area (Å²) in [5, 5.41) is 0. The van der Waals surface area contributed by atoms with Crippen LogP contribution in [0.25, 0.3) is 0 Å². The summed E-state index contributed by atoms with van der Waals surface area (Å²) in [6, 6.07) is 6.11. The van der Waals surface area contributed by atoms with Crippen LogP contribution in [0.3, 0.4) is 0 Å². The number of fused-ring (bicyclic) bond motifs is 1. The average molecular weight is 276 g/mol. The Kier molecular flexibility index (Phi) is 4.65. The number of aryl methyl sites for hydroxylation is 1. The number of carbonyl (C=O) groups excluding carboxylic acids is 1. The van der Waals surface area contributed by atoms with Crippen molar-refractivity contribution in [3.8, 4) is 5.75 Å². The van der Waals surface area contributed by atoms with Crippen LogP contribution in [0.2, 0.25) is 0 Å². The Hall–Kier alpha value is -1.55. The van der Waals surface area contributed by atoms with Crippen LogP contribution in [0, 0.1) is 0 Å². The van der Waals surface area contributed by atoms with Gasteiger partial charge < -0.3 is 15.4 Å². The molecule has 20 heavy (non-hydrogen) atoms. The SMILES string of the molecule is CCN(CC)C(=O)C(C)Oc1ccc2c(c1)CC[C@H]2N. The minimum Gasteiger partial charge on any atom is -0.481 e. The molecule has 1 unspecified atom stereocenters. The number of likely N-dealkylation sites (N-methyl/N-ethyl adjacent to an activating group) is 1. The monoisotopic (exact) mass is 276 g/mol. The number of amides is 1. The van der Waals surface area contributed by atoms with Crippen LogP contribution in [0.15, 0.2) is 18.2 Å². The van der Waals surface area contributed by atoms with Gasteiger partial charge in [0.25, 0.3) is 5.91 Å². The number of nitrogens with zero attached hydrogens (tertiary/aromatic N) is 1. The molecule has 0 radical (unpaired) electrons. The second-order valence-corrected chi connectivity index (χ2v) is 5.28. The fourth-order valence-electron chi connectivity index (χ4n) is 2.75. The third-order valence-corrected chi connectivity index (χ3v) is 3.97. The predicted octanol–water partition coefficient (Wildman–Crippen LogP) is 2.27. The maximum atomic E-state index is 12.2. The number of ether oxygens (including phenoxy) is 1. The molecular formula is C16H24N2O2. The maximum Gasteiger partial charge on any atom is 0.263 e. The van der Waals surface area contributed by atoms with E-state index in [-0.39, 0.29) is 11.9 Å². The number of carbonyl (C=O) groups is 1. The van der Waals surface area contributed by atoms with E-state index in [0.29, 0.717) is 13.1 Å². The van der Waals surface area contributed by atoms with E-state index >= 15 is 0 Å². The van der Waals surface area contributed by atoms with Crippen molar-refractivity contribution in [1.29, 1.82) is 0 Å². The van der Waals surface area contributed by atoms with Crippen molar-refractivity contribution in [1.82, 2.24) is 4.90 Å². The molecule has 2 atom stereocenters. The summed E-state index contributed by atoms with van der Waals surface area (Å²) in [5.74, 6) is 0.790. The molecule has 110 valence electrons. The van der Waals surface area contributed by atoms with Crippen LogP contribution in [0.4, 0.5) is 0 Å². The first-order valence-electron chi connectivity index (χ1n) is 7.40. The van der Waals surface area contributed by atoms with Crippen molar-refractivity contribution in [3.63, 3.8) is 0 Å². The number of rotatable bonds is 5. The molecule has 0 saturated heterocycles. The molecule has 0 heterocycles. The molecule has 2 rings (SSSR count). The van der Waals surface area contributed by atoms with Crippen LogP contribution >= 0.6 is 0 Å². The molecule has 1 aliphatic carbocycles. The number of benzene rings is 1. The largest absolute Gasteiger partial charge is 0.481 e. The van der Waals surface area contributed by atoms with Crippen molar-refractivity contribution in [2.75, 3.05) is 13.1 Å². The number of nitrogens with two attached hydrogens (primary N) is 1. The fourth-order valence-corrected chi connectivity index (χ4v) is 2.75. The van der Waals surface area contributed by atoms with Gasteiger partial charge in [-0.05, 0) is 56.9 Å². The molecule has 1 aromatic carbocycles. The molecule has 1 aromatic rings. The van der Waals surface area contributed by atoms with E-state index in [2.05, 4.69) is 0 Å². The Morgan fingerprint density at radius 2 is 2.15 bits per heavy atom. The van der Waals surface area contributed by atoms with Crippen LogP contribution in [-0.2, 0) is 11.2 Å². The Morgan fingerprint density at radius 1 is 1.45 bits per heavy atom. The zero-order chi connectivity index (χ0) is 14.7. The Morgan fingerprint density at radius 3 is 2.80 bits per heavy atom. The molecule has 1 amide bonds. The lowest BCUT2D eigenvalue weighted by Crippen LogP contribution is -2.40. The van der Waals surface area contributed by atoms with Gasteiger partial charge in [0, 0.05) is 19.1 Å². The van der Waals surface area contributed by atoms with Gasteiger partial charge in [0.2, 0.25) is 0 Å². The van der Waals surface area contributed by atoms with Gasteiger partial charge in [-0.15, -0.1) is 0 Å². The van der Waals surface area contributed by atoms with Crippen molar-refractivity contribution in [3.05, 3.63) is 29.3 Å². The molecule has 4 nitrogen and oxygen atoms in total. The first-order valence-corrected chi connectivity index (χ1v) is 7.40. The van der Waals surface area contributed by atoms with Gasteiger partial charge in [-0.1, -0.05) is 6.07 Å². The first-order chi connectivity index (χ1) is 9.56. The lowest BCUT2D eigenvalue weighted by Gasteiger charge is -2.23. The topological polar surface area (TPSA) is 55.6 Å². The zero-order valence-corrected chi connectivity index (χ0v) is 12.6.